The number of alkyl halides is 4. The Hall–Kier alpha value is -3.69. The fraction of sp³-hybridized carbons (Fsp3) is 0.320. The summed E-state index contributed by atoms with van der Waals surface area (Å²) in [6.45, 7) is 3.17. The number of ether oxygens (including phenoxy) is 1. The molecule has 1 N–H and O–H groups in total. The molecule has 4 rings (SSSR count). The molecule has 1 saturated heterocycles. The number of rotatable bonds is 7. The van der Waals surface area contributed by atoms with Crippen LogP contribution in [0.1, 0.15) is 35.8 Å². The van der Waals surface area contributed by atoms with Crippen LogP contribution in [0.25, 0.3) is 11.1 Å². The zero-order valence-corrected chi connectivity index (χ0v) is 19.0. The van der Waals surface area contributed by atoms with E-state index in [9.17, 15) is 22.4 Å². The summed E-state index contributed by atoms with van der Waals surface area (Å²) in [5.41, 5.74) is 2.27. The van der Waals surface area contributed by atoms with Gasteiger partial charge in [0, 0.05) is 42.3 Å². The van der Waals surface area contributed by atoms with Gasteiger partial charge in [0.15, 0.2) is 0 Å². The van der Waals surface area contributed by atoms with E-state index in [1.165, 1.54) is 18.3 Å². The van der Waals surface area contributed by atoms with Crippen LogP contribution in [0.2, 0.25) is 0 Å². The lowest BCUT2D eigenvalue weighted by Gasteiger charge is -2.21. The fourth-order valence-electron chi connectivity index (χ4n) is 4.01. The van der Waals surface area contributed by atoms with Gasteiger partial charge < -0.3 is 15.0 Å². The van der Waals surface area contributed by atoms with E-state index in [4.69, 9.17) is 0 Å². The molecule has 1 aliphatic heterocycles. The second-order valence-electron chi connectivity index (χ2n) is 8.30. The van der Waals surface area contributed by atoms with Gasteiger partial charge in [-0.15, -0.1) is 13.2 Å². The van der Waals surface area contributed by atoms with E-state index in [-0.39, 0.29) is 11.3 Å². The molecule has 1 amide bonds. The van der Waals surface area contributed by atoms with Crippen molar-refractivity contribution in [2.75, 3.05) is 23.3 Å². The van der Waals surface area contributed by atoms with Crippen molar-refractivity contribution in [1.82, 2.24) is 9.97 Å². The summed E-state index contributed by atoms with van der Waals surface area (Å²) in [7, 11) is 0. The standard InChI is InChI=1S/C25H24F4N4O2/c1-2-16-9-10-33(15-16)23-22(17-3-4-20(12-26)30-13-17)11-18(14-31-23)24(34)32-19-5-7-21(8-6-19)35-25(27,28)29/h3-8,11,13-14,16H,2,9-10,12,15H2,1H3,(H,32,34)/t16-/m0/s1. The highest BCUT2D eigenvalue weighted by Gasteiger charge is 2.31. The largest absolute Gasteiger partial charge is 0.573 e. The highest BCUT2D eigenvalue weighted by atomic mass is 19.4. The molecule has 0 spiro atoms. The molecule has 1 aromatic carbocycles. The molecule has 0 aliphatic carbocycles. The Bertz CT molecular complexity index is 1170. The number of amides is 1. The number of nitrogens with zero attached hydrogens (tertiary/aromatic N) is 3. The number of hydrogen-bond acceptors (Lipinski definition) is 5. The van der Waals surface area contributed by atoms with E-state index >= 15 is 0 Å². The molecular formula is C25H24F4N4O2. The average Bonchev–Trinajstić information content (AvgIpc) is 3.33. The van der Waals surface area contributed by atoms with Gasteiger partial charge in [-0.25, -0.2) is 9.37 Å². The van der Waals surface area contributed by atoms with E-state index in [2.05, 4.69) is 31.8 Å². The Labute approximate surface area is 200 Å². The Morgan fingerprint density at radius 3 is 2.51 bits per heavy atom. The first-order valence-corrected chi connectivity index (χ1v) is 11.2. The van der Waals surface area contributed by atoms with Crippen LogP contribution in [0.3, 0.4) is 0 Å². The maximum atomic E-state index is 12.9. The zero-order valence-electron chi connectivity index (χ0n) is 19.0. The molecule has 0 bridgehead atoms. The predicted octanol–water partition coefficient (Wildman–Crippen LogP) is 6.00. The minimum atomic E-state index is -4.79. The summed E-state index contributed by atoms with van der Waals surface area (Å²) in [4.78, 5) is 23.8. The topological polar surface area (TPSA) is 67.4 Å². The Kier molecular flexibility index (Phi) is 7.18. The molecule has 3 heterocycles. The molecule has 35 heavy (non-hydrogen) atoms. The molecule has 2 aromatic heterocycles. The number of benzene rings is 1. The van der Waals surface area contributed by atoms with Crippen molar-refractivity contribution in [3.63, 3.8) is 0 Å². The van der Waals surface area contributed by atoms with Crippen LogP contribution < -0.4 is 15.0 Å². The lowest BCUT2D eigenvalue weighted by Crippen LogP contribution is -2.22. The van der Waals surface area contributed by atoms with Gasteiger partial charge in [0.2, 0.25) is 0 Å². The number of carbonyl (C=O) groups excluding carboxylic acids is 1. The van der Waals surface area contributed by atoms with Gasteiger partial charge in [-0.1, -0.05) is 19.4 Å². The second kappa shape index (κ2) is 10.3. The minimum absolute atomic E-state index is 0.264. The molecule has 0 saturated carbocycles. The van der Waals surface area contributed by atoms with Crippen LogP contribution in [0, 0.1) is 5.92 Å². The van der Waals surface area contributed by atoms with Crippen LogP contribution in [0.5, 0.6) is 5.75 Å². The fourth-order valence-corrected chi connectivity index (χ4v) is 4.01. The van der Waals surface area contributed by atoms with Crippen LogP contribution in [-0.4, -0.2) is 35.3 Å². The number of nitrogens with one attached hydrogen (secondary N) is 1. The zero-order chi connectivity index (χ0) is 25.0. The van der Waals surface area contributed by atoms with E-state index < -0.39 is 18.9 Å². The maximum absolute atomic E-state index is 12.9. The van der Waals surface area contributed by atoms with Crippen molar-refractivity contribution >= 4 is 17.4 Å². The maximum Gasteiger partial charge on any atom is 0.573 e. The molecule has 0 radical (unpaired) electrons. The van der Waals surface area contributed by atoms with Crippen molar-refractivity contribution in [2.45, 2.75) is 32.8 Å². The van der Waals surface area contributed by atoms with Crippen LogP contribution in [-0.2, 0) is 6.67 Å². The SMILES string of the molecule is CC[C@H]1CCN(c2ncc(C(=O)Nc3ccc(OC(F)(F)F)cc3)cc2-c2ccc(CF)nc2)C1. The number of anilines is 2. The average molecular weight is 488 g/mol. The highest BCUT2D eigenvalue weighted by Crippen LogP contribution is 2.34. The van der Waals surface area contributed by atoms with Crippen LogP contribution in [0.15, 0.2) is 54.9 Å². The summed E-state index contributed by atoms with van der Waals surface area (Å²) in [5.74, 6) is 0.421. The molecule has 1 aliphatic rings. The van der Waals surface area contributed by atoms with E-state index in [1.54, 1.807) is 24.4 Å². The van der Waals surface area contributed by atoms with Gasteiger partial charge in [0.1, 0.15) is 18.2 Å². The number of aromatic nitrogens is 2. The third-order valence-corrected chi connectivity index (χ3v) is 5.91. The van der Waals surface area contributed by atoms with Crippen LogP contribution >= 0.6 is 0 Å². The Morgan fingerprint density at radius 2 is 1.91 bits per heavy atom. The molecule has 1 atom stereocenters. The van der Waals surface area contributed by atoms with E-state index in [1.807, 2.05) is 0 Å². The van der Waals surface area contributed by atoms with Gasteiger partial charge in [-0.3, -0.25) is 9.78 Å². The van der Waals surface area contributed by atoms with Gasteiger partial charge >= 0.3 is 6.36 Å². The Morgan fingerprint density at radius 1 is 1.14 bits per heavy atom. The van der Waals surface area contributed by atoms with Gasteiger partial charge in [0.25, 0.3) is 5.91 Å². The minimum Gasteiger partial charge on any atom is -0.406 e. The number of pyridine rings is 2. The molecule has 184 valence electrons. The van der Waals surface area contributed by atoms with Crippen molar-refractivity contribution < 1.29 is 27.1 Å². The number of halogens is 4. The molecule has 1 fully saturated rings. The monoisotopic (exact) mass is 488 g/mol. The van der Waals surface area contributed by atoms with Crippen molar-refractivity contribution in [3.05, 3.63) is 66.1 Å². The molecular weight excluding hydrogens is 464 g/mol. The molecule has 0 unspecified atom stereocenters. The van der Waals surface area contributed by atoms with Gasteiger partial charge in [-0.2, -0.15) is 0 Å². The third kappa shape index (κ3) is 6.06. The summed E-state index contributed by atoms with van der Waals surface area (Å²) in [6.07, 6.45) is 0.346. The summed E-state index contributed by atoms with van der Waals surface area (Å²) in [5, 5.41) is 2.66. The number of hydrogen-bond donors (Lipinski definition) is 1. The van der Waals surface area contributed by atoms with E-state index in [0.717, 1.165) is 43.9 Å². The first kappa shape index (κ1) is 24.4. The van der Waals surface area contributed by atoms with E-state index in [0.29, 0.717) is 28.4 Å². The first-order chi connectivity index (χ1) is 16.8. The summed E-state index contributed by atoms with van der Waals surface area (Å²) < 4.78 is 53.9. The highest BCUT2D eigenvalue weighted by molar-refractivity contribution is 6.05. The quantitative estimate of drug-likeness (QED) is 0.413. The normalized spacial score (nSPS) is 15.8. The van der Waals surface area contributed by atoms with Gasteiger partial charge in [-0.05, 0) is 48.7 Å². The summed E-state index contributed by atoms with van der Waals surface area (Å²) >= 11 is 0. The lowest BCUT2D eigenvalue weighted by molar-refractivity contribution is -0.274. The van der Waals surface area contributed by atoms with Crippen molar-refractivity contribution in [1.29, 1.82) is 0 Å². The lowest BCUT2D eigenvalue weighted by atomic mass is 10.0. The van der Waals surface area contributed by atoms with Crippen LogP contribution in [0.4, 0.5) is 29.1 Å². The molecule has 3 aromatic rings. The summed E-state index contributed by atoms with van der Waals surface area (Å²) in [6, 6.07) is 9.90. The van der Waals surface area contributed by atoms with Crippen molar-refractivity contribution in [2.24, 2.45) is 5.92 Å². The Balaban J connectivity index is 1.59. The third-order valence-electron chi connectivity index (χ3n) is 5.91. The van der Waals surface area contributed by atoms with Crippen molar-refractivity contribution in [3.8, 4) is 16.9 Å². The molecule has 6 nitrogen and oxygen atoms in total. The first-order valence-electron chi connectivity index (χ1n) is 11.2. The second-order valence-corrected chi connectivity index (χ2v) is 8.30. The van der Waals surface area contributed by atoms with Gasteiger partial charge in [0.05, 0.1) is 11.3 Å². The smallest absolute Gasteiger partial charge is 0.406 e. The number of carbonyl (C=O) groups is 1. The molecule has 10 heteroatoms. The predicted molar refractivity (Wildman–Crippen MR) is 124 cm³/mol.